The van der Waals surface area contributed by atoms with Gasteiger partial charge in [0.15, 0.2) is 5.01 Å². The largest absolute Gasteiger partial charge is 0.464 e. The van der Waals surface area contributed by atoms with E-state index in [4.69, 9.17) is 4.74 Å². The Bertz CT molecular complexity index is 469. The quantitative estimate of drug-likeness (QED) is 0.726. The highest BCUT2D eigenvalue weighted by Gasteiger charge is 2.32. The molecule has 3 rings (SSSR count). The van der Waals surface area contributed by atoms with Gasteiger partial charge in [0, 0.05) is 37.8 Å². The number of hydrogen-bond acceptors (Lipinski definition) is 6. The SMILES string of the molecule is O=C1C[C@H](N2CCN(C(=O)c3nccs3)CC2)CO1. The molecule has 7 heteroatoms. The average molecular weight is 281 g/mol. The third kappa shape index (κ3) is 2.62. The molecular formula is C12H15N3O3S. The van der Waals surface area contributed by atoms with Gasteiger partial charge in [0.05, 0.1) is 12.5 Å². The van der Waals surface area contributed by atoms with Crippen molar-refractivity contribution in [2.45, 2.75) is 12.5 Å². The lowest BCUT2D eigenvalue weighted by atomic mass is 10.2. The van der Waals surface area contributed by atoms with Crippen molar-refractivity contribution in [2.75, 3.05) is 32.8 Å². The highest BCUT2D eigenvalue weighted by atomic mass is 32.1. The predicted molar refractivity (Wildman–Crippen MR) is 69.0 cm³/mol. The summed E-state index contributed by atoms with van der Waals surface area (Å²) in [7, 11) is 0. The number of cyclic esters (lactones) is 1. The molecule has 0 unspecified atom stereocenters. The molecule has 0 aliphatic carbocycles. The summed E-state index contributed by atoms with van der Waals surface area (Å²) >= 11 is 1.37. The van der Waals surface area contributed by atoms with E-state index in [1.165, 1.54) is 11.3 Å². The van der Waals surface area contributed by atoms with Crippen molar-refractivity contribution in [3.05, 3.63) is 16.6 Å². The van der Waals surface area contributed by atoms with E-state index in [2.05, 4.69) is 9.88 Å². The minimum absolute atomic E-state index is 0.00778. The van der Waals surface area contributed by atoms with Crippen LogP contribution in [0.3, 0.4) is 0 Å². The molecule has 1 amide bonds. The van der Waals surface area contributed by atoms with Gasteiger partial charge in [-0.15, -0.1) is 11.3 Å². The molecule has 0 N–H and O–H groups in total. The molecule has 0 bridgehead atoms. The summed E-state index contributed by atoms with van der Waals surface area (Å²) in [6, 6.07) is 0.185. The van der Waals surface area contributed by atoms with Crippen LogP contribution in [-0.2, 0) is 9.53 Å². The first-order valence-corrected chi connectivity index (χ1v) is 7.20. The fraction of sp³-hybridized carbons (Fsp3) is 0.583. The van der Waals surface area contributed by atoms with Crippen LogP contribution in [0, 0.1) is 0 Å². The van der Waals surface area contributed by atoms with Crippen LogP contribution in [0.4, 0.5) is 0 Å². The van der Waals surface area contributed by atoms with E-state index in [0.29, 0.717) is 31.1 Å². The highest BCUT2D eigenvalue weighted by Crippen LogP contribution is 2.17. The van der Waals surface area contributed by atoms with Gasteiger partial charge < -0.3 is 9.64 Å². The maximum atomic E-state index is 12.1. The zero-order valence-corrected chi connectivity index (χ0v) is 11.3. The summed E-state index contributed by atoms with van der Waals surface area (Å²) in [5, 5.41) is 2.36. The molecule has 2 saturated heterocycles. The van der Waals surface area contributed by atoms with E-state index >= 15 is 0 Å². The van der Waals surface area contributed by atoms with Crippen molar-refractivity contribution < 1.29 is 14.3 Å². The minimum atomic E-state index is -0.119. The number of nitrogens with zero attached hydrogens (tertiary/aromatic N) is 3. The first kappa shape index (κ1) is 12.6. The fourth-order valence-corrected chi connectivity index (χ4v) is 3.09. The van der Waals surface area contributed by atoms with E-state index in [9.17, 15) is 9.59 Å². The predicted octanol–water partition coefficient (Wildman–Crippen LogP) is 0.216. The van der Waals surface area contributed by atoms with Gasteiger partial charge in [-0.3, -0.25) is 14.5 Å². The molecule has 19 heavy (non-hydrogen) atoms. The number of carbonyl (C=O) groups is 2. The van der Waals surface area contributed by atoms with Gasteiger partial charge in [0.1, 0.15) is 6.61 Å². The Labute approximate surface area is 115 Å². The summed E-state index contributed by atoms with van der Waals surface area (Å²) in [4.78, 5) is 31.3. The molecule has 2 aliphatic heterocycles. The molecule has 3 heterocycles. The summed E-state index contributed by atoms with van der Waals surface area (Å²) in [5.41, 5.74) is 0. The van der Waals surface area contributed by atoms with Crippen LogP contribution in [0.1, 0.15) is 16.2 Å². The Balaban J connectivity index is 1.55. The minimum Gasteiger partial charge on any atom is -0.464 e. The summed E-state index contributed by atoms with van der Waals surface area (Å²) in [5.74, 6) is -0.111. The van der Waals surface area contributed by atoms with Crippen molar-refractivity contribution in [1.29, 1.82) is 0 Å². The molecule has 102 valence electrons. The van der Waals surface area contributed by atoms with Gasteiger partial charge in [-0.1, -0.05) is 0 Å². The van der Waals surface area contributed by atoms with Gasteiger partial charge in [-0.05, 0) is 0 Å². The maximum Gasteiger partial charge on any atom is 0.307 e. The zero-order chi connectivity index (χ0) is 13.2. The van der Waals surface area contributed by atoms with Crippen LogP contribution in [0.25, 0.3) is 0 Å². The lowest BCUT2D eigenvalue weighted by molar-refractivity contribution is -0.137. The average Bonchev–Trinajstić information content (AvgIpc) is 3.09. The molecule has 6 nitrogen and oxygen atoms in total. The van der Waals surface area contributed by atoms with Crippen molar-refractivity contribution in [1.82, 2.24) is 14.8 Å². The van der Waals surface area contributed by atoms with Crippen LogP contribution in [-0.4, -0.2) is 65.5 Å². The Morgan fingerprint density at radius 1 is 1.37 bits per heavy atom. The number of thiazole rings is 1. The number of rotatable bonds is 2. The van der Waals surface area contributed by atoms with Crippen molar-refractivity contribution in [3.8, 4) is 0 Å². The summed E-state index contributed by atoms with van der Waals surface area (Å²) < 4.78 is 4.98. The Morgan fingerprint density at radius 3 is 2.74 bits per heavy atom. The topological polar surface area (TPSA) is 62.7 Å². The zero-order valence-electron chi connectivity index (χ0n) is 10.4. The van der Waals surface area contributed by atoms with E-state index in [1.807, 2.05) is 10.3 Å². The molecule has 2 aliphatic rings. The van der Waals surface area contributed by atoms with E-state index < -0.39 is 0 Å². The third-order valence-electron chi connectivity index (χ3n) is 3.57. The molecule has 0 radical (unpaired) electrons. The molecule has 1 aromatic rings. The smallest absolute Gasteiger partial charge is 0.307 e. The number of amides is 1. The van der Waals surface area contributed by atoms with Gasteiger partial charge in [0.2, 0.25) is 0 Å². The summed E-state index contributed by atoms with van der Waals surface area (Å²) in [6.07, 6.45) is 2.12. The molecule has 1 atom stereocenters. The van der Waals surface area contributed by atoms with Crippen LogP contribution in [0.15, 0.2) is 11.6 Å². The van der Waals surface area contributed by atoms with Crippen molar-refractivity contribution in [2.24, 2.45) is 0 Å². The highest BCUT2D eigenvalue weighted by molar-refractivity contribution is 7.11. The monoisotopic (exact) mass is 281 g/mol. The van der Waals surface area contributed by atoms with Crippen molar-refractivity contribution in [3.63, 3.8) is 0 Å². The van der Waals surface area contributed by atoms with Gasteiger partial charge in [0.25, 0.3) is 5.91 Å². The lowest BCUT2D eigenvalue weighted by Crippen LogP contribution is -2.52. The van der Waals surface area contributed by atoms with Gasteiger partial charge in [-0.2, -0.15) is 0 Å². The molecule has 0 saturated carbocycles. The molecule has 0 spiro atoms. The van der Waals surface area contributed by atoms with Crippen LogP contribution in [0.2, 0.25) is 0 Å². The molecule has 2 fully saturated rings. The number of aromatic nitrogens is 1. The Hall–Kier alpha value is -1.47. The summed E-state index contributed by atoms with van der Waals surface area (Å²) in [6.45, 7) is 3.43. The van der Waals surface area contributed by atoms with Crippen LogP contribution < -0.4 is 0 Å². The Kier molecular flexibility index (Phi) is 3.48. The second-order valence-corrected chi connectivity index (χ2v) is 5.60. The number of hydrogen-bond donors (Lipinski definition) is 0. The van der Waals surface area contributed by atoms with E-state index in [0.717, 1.165) is 13.1 Å². The van der Waals surface area contributed by atoms with E-state index in [-0.39, 0.29) is 17.9 Å². The molecule has 0 aromatic carbocycles. The number of esters is 1. The second kappa shape index (κ2) is 5.26. The standard InChI is InChI=1S/C12H15N3O3S/c16-10-7-9(8-18-10)14-2-4-15(5-3-14)12(17)11-13-1-6-19-11/h1,6,9H,2-5,7-8H2/t9-/m0/s1. The fourth-order valence-electron chi connectivity index (χ4n) is 2.49. The number of ether oxygens (including phenoxy) is 1. The van der Waals surface area contributed by atoms with E-state index in [1.54, 1.807) is 6.20 Å². The second-order valence-electron chi connectivity index (χ2n) is 4.71. The third-order valence-corrected chi connectivity index (χ3v) is 4.33. The van der Waals surface area contributed by atoms with Crippen molar-refractivity contribution >= 4 is 23.2 Å². The molecular weight excluding hydrogens is 266 g/mol. The first-order valence-electron chi connectivity index (χ1n) is 6.32. The lowest BCUT2D eigenvalue weighted by Gasteiger charge is -2.36. The van der Waals surface area contributed by atoms with Gasteiger partial charge >= 0.3 is 5.97 Å². The van der Waals surface area contributed by atoms with Crippen LogP contribution in [0.5, 0.6) is 0 Å². The Morgan fingerprint density at radius 2 is 2.16 bits per heavy atom. The first-order chi connectivity index (χ1) is 9.24. The van der Waals surface area contributed by atoms with Gasteiger partial charge in [-0.25, -0.2) is 4.98 Å². The van der Waals surface area contributed by atoms with Crippen LogP contribution >= 0.6 is 11.3 Å². The number of carbonyl (C=O) groups excluding carboxylic acids is 2. The maximum absolute atomic E-state index is 12.1. The molecule has 1 aromatic heterocycles. The number of piperazine rings is 1. The normalized spacial score (nSPS) is 24.5.